The number of anilines is 1. The lowest BCUT2D eigenvalue weighted by Crippen LogP contribution is -2.19. The molecule has 6 nitrogen and oxygen atoms in total. The number of aromatic nitrogens is 2. The number of thioether (sulfide) groups is 1. The molecule has 0 radical (unpaired) electrons. The fraction of sp³-hybridized carbons (Fsp3) is 0.105. The Bertz CT molecular complexity index is 986. The highest BCUT2D eigenvalue weighted by atomic mass is 32.2. The monoisotopic (exact) mass is 384 g/mol. The van der Waals surface area contributed by atoms with Crippen LogP contribution in [0.3, 0.4) is 0 Å². The van der Waals surface area contributed by atoms with Crippen molar-refractivity contribution in [3.8, 4) is 5.69 Å². The Kier molecular flexibility index (Phi) is 5.56. The number of carbonyl (C=O) groups excluding carboxylic acids is 2. The summed E-state index contributed by atoms with van der Waals surface area (Å²) in [4.78, 5) is 28.8. The van der Waals surface area contributed by atoms with E-state index in [0.29, 0.717) is 27.8 Å². The van der Waals surface area contributed by atoms with E-state index in [1.165, 1.54) is 30.1 Å². The maximum absolute atomic E-state index is 13.2. The van der Waals surface area contributed by atoms with E-state index in [1.807, 2.05) is 6.26 Å². The van der Waals surface area contributed by atoms with Crippen LogP contribution in [0.4, 0.5) is 10.1 Å². The molecule has 0 aliphatic carbocycles. The van der Waals surface area contributed by atoms with E-state index in [9.17, 15) is 14.0 Å². The third kappa shape index (κ3) is 4.01. The fourth-order valence-corrected chi connectivity index (χ4v) is 3.10. The van der Waals surface area contributed by atoms with Crippen molar-refractivity contribution in [2.75, 3.05) is 18.6 Å². The van der Waals surface area contributed by atoms with Gasteiger partial charge in [0.15, 0.2) is 5.16 Å². The van der Waals surface area contributed by atoms with Crippen molar-refractivity contribution in [1.82, 2.24) is 14.9 Å². The zero-order valence-electron chi connectivity index (χ0n) is 14.7. The van der Waals surface area contributed by atoms with Gasteiger partial charge in [-0.2, -0.15) is 0 Å². The molecule has 0 saturated heterocycles. The summed E-state index contributed by atoms with van der Waals surface area (Å²) >= 11 is 1.37. The van der Waals surface area contributed by atoms with Gasteiger partial charge >= 0.3 is 0 Å². The normalized spacial score (nSPS) is 10.5. The van der Waals surface area contributed by atoms with E-state index in [4.69, 9.17) is 0 Å². The first-order chi connectivity index (χ1) is 13.0. The third-order valence-electron chi connectivity index (χ3n) is 3.84. The molecule has 0 aliphatic rings. The topological polar surface area (TPSA) is 76.0 Å². The van der Waals surface area contributed by atoms with E-state index < -0.39 is 0 Å². The highest BCUT2D eigenvalue weighted by molar-refractivity contribution is 7.98. The average Bonchev–Trinajstić information content (AvgIpc) is 3.12. The Morgan fingerprint density at radius 1 is 1.11 bits per heavy atom. The first-order valence-electron chi connectivity index (χ1n) is 8.04. The predicted molar refractivity (Wildman–Crippen MR) is 103 cm³/mol. The van der Waals surface area contributed by atoms with Crippen LogP contribution >= 0.6 is 11.8 Å². The molecule has 8 heteroatoms. The van der Waals surface area contributed by atoms with Gasteiger partial charge in [-0.1, -0.05) is 17.8 Å². The molecule has 138 valence electrons. The van der Waals surface area contributed by atoms with Gasteiger partial charge in [0.1, 0.15) is 11.5 Å². The maximum Gasteiger partial charge on any atom is 0.274 e. The maximum atomic E-state index is 13.2. The largest absolute Gasteiger partial charge is 0.355 e. The molecule has 0 bridgehead atoms. The van der Waals surface area contributed by atoms with E-state index in [2.05, 4.69) is 15.6 Å². The smallest absolute Gasteiger partial charge is 0.274 e. The lowest BCUT2D eigenvalue weighted by atomic mass is 10.2. The molecular weight excluding hydrogens is 367 g/mol. The second-order valence-electron chi connectivity index (χ2n) is 5.56. The van der Waals surface area contributed by atoms with Gasteiger partial charge < -0.3 is 10.6 Å². The minimum Gasteiger partial charge on any atom is -0.355 e. The SMILES string of the molecule is CNC(=O)c1cccc(NC(=O)c2cnc(SC)n2-c2ccc(F)cc2)c1. The van der Waals surface area contributed by atoms with Crippen molar-refractivity contribution in [3.63, 3.8) is 0 Å². The average molecular weight is 384 g/mol. The number of rotatable bonds is 5. The summed E-state index contributed by atoms with van der Waals surface area (Å²) in [5.41, 5.74) is 1.85. The summed E-state index contributed by atoms with van der Waals surface area (Å²) in [6.45, 7) is 0. The Balaban J connectivity index is 1.93. The van der Waals surface area contributed by atoms with Crippen LogP contribution in [0.2, 0.25) is 0 Å². The molecule has 0 aliphatic heterocycles. The molecule has 0 unspecified atom stereocenters. The Hall–Kier alpha value is -3.13. The van der Waals surface area contributed by atoms with Gasteiger partial charge in [0.05, 0.1) is 6.20 Å². The minimum atomic E-state index is -0.388. The number of benzene rings is 2. The van der Waals surface area contributed by atoms with E-state index in [1.54, 1.807) is 48.0 Å². The summed E-state index contributed by atoms with van der Waals surface area (Å²) in [5, 5.41) is 5.92. The summed E-state index contributed by atoms with van der Waals surface area (Å²) in [6, 6.07) is 12.4. The van der Waals surface area contributed by atoms with Crippen molar-refractivity contribution >= 4 is 29.3 Å². The van der Waals surface area contributed by atoms with Gasteiger partial charge in [0.2, 0.25) is 0 Å². The first-order valence-corrected chi connectivity index (χ1v) is 9.27. The molecule has 0 fully saturated rings. The van der Waals surface area contributed by atoms with Crippen molar-refractivity contribution < 1.29 is 14.0 Å². The van der Waals surface area contributed by atoms with Crippen LogP contribution in [0.5, 0.6) is 0 Å². The van der Waals surface area contributed by atoms with Crippen molar-refractivity contribution in [1.29, 1.82) is 0 Å². The van der Waals surface area contributed by atoms with Crippen LogP contribution < -0.4 is 10.6 Å². The van der Waals surface area contributed by atoms with Gasteiger partial charge in [-0.15, -0.1) is 0 Å². The Labute approximate surface area is 159 Å². The molecular formula is C19H17FN4O2S. The molecule has 1 heterocycles. The molecule has 3 aromatic rings. The number of hydrogen-bond acceptors (Lipinski definition) is 4. The van der Waals surface area contributed by atoms with Crippen LogP contribution in [0, 0.1) is 5.82 Å². The van der Waals surface area contributed by atoms with Gasteiger partial charge in [0, 0.05) is 24.0 Å². The predicted octanol–water partition coefficient (Wildman–Crippen LogP) is 3.35. The highest BCUT2D eigenvalue weighted by Crippen LogP contribution is 2.23. The molecule has 2 aromatic carbocycles. The van der Waals surface area contributed by atoms with E-state index in [0.717, 1.165) is 0 Å². The second kappa shape index (κ2) is 8.05. The lowest BCUT2D eigenvalue weighted by molar-refractivity contribution is 0.0961. The number of nitrogens with zero attached hydrogens (tertiary/aromatic N) is 2. The van der Waals surface area contributed by atoms with Gasteiger partial charge in [-0.25, -0.2) is 9.37 Å². The van der Waals surface area contributed by atoms with Crippen LogP contribution in [0.1, 0.15) is 20.8 Å². The molecule has 2 N–H and O–H groups in total. The Morgan fingerprint density at radius 3 is 2.52 bits per heavy atom. The zero-order chi connectivity index (χ0) is 19.4. The third-order valence-corrected chi connectivity index (χ3v) is 4.49. The number of hydrogen-bond donors (Lipinski definition) is 2. The first kappa shape index (κ1) is 18.7. The number of imidazole rings is 1. The van der Waals surface area contributed by atoms with E-state index in [-0.39, 0.29) is 17.6 Å². The van der Waals surface area contributed by atoms with Gasteiger partial charge in [-0.05, 0) is 48.7 Å². The quantitative estimate of drug-likeness (QED) is 0.662. The van der Waals surface area contributed by atoms with Crippen LogP contribution in [-0.4, -0.2) is 34.7 Å². The molecule has 0 atom stereocenters. The molecule has 27 heavy (non-hydrogen) atoms. The van der Waals surface area contributed by atoms with Crippen LogP contribution in [0.25, 0.3) is 5.69 Å². The van der Waals surface area contributed by atoms with Crippen molar-refractivity contribution in [2.24, 2.45) is 0 Å². The number of amides is 2. The lowest BCUT2D eigenvalue weighted by Gasteiger charge is -2.12. The highest BCUT2D eigenvalue weighted by Gasteiger charge is 2.18. The minimum absolute atomic E-state index is 0.243. The van der Waals surface area contributed by atoms with E-state index >= 15 is 0 Å². The summed E-state index contributed by atoms with van der Waals surface area (Å²) < 4.78 is 14.9. The number of carbonyl (C=O) groups is 2. The summed E-state index contributed by atoms with van der Waals surface area (Å²) in [6.07, 6.45) is 3.31. The molecule has 3 rings (SSSR count). The fourth-order valence-electron chi connectivity index (χ4n) is 2.56. The molecule has 2 amide bonds. The van der Waals surface area contributed by atoms with Crippen molar-refractivity contribution in [2.45, 2.75) is 5.16 Å². The van der Waals surface area contributed by atoms with Crippen LogP contribution in [0.15, 0.2) is 59.9 Å². The molecule has 0 spiro atoms. The number of nitrogens with one attached hydrogen (secondary N) is 2. The molecule has 1 aromatic heterocycles. The van der Waals surface area contributed by atoms with Crippen molar-refractivity contribution in [3.05, 3.63) is 71.8 Å². The van der Waals surface area contributed by atoms with Gasteiger partial charge in [0.25, 0.3) is 11.8 Å². The van der Waals surface area contributed by atoms with Crippen LogP contribution in [-0.2, 0) is 0 Å². The number of halogens is 1. The standard InChI is InChI=1S/C19H17FN4O2S/c1-21-17(25)12-4-3-5-14(10-12)23-18(26)16-11-22-19(27-2)24(16)15-8-6-13(20)7-9-15/h3-11H,1-2H3,(H,21,25)(H,23,26). The molecule has 0 saturated carbocycles. The Morgan fingerprint density at radius 2 is 1.85 bits per heavy atom. The summed E-state index contributed by atoms with van der Waals surface area (Å²) in [5.74, 6) is -0.991. The second-order valence-corrected chi connectivity index (χ2v) is 6.33. The summed E-state index contributed by atoms with van der Waals surface area (Å²) in [7, 11) is 1.54. The zero-order valence-corrected chi connectivity index (χ0v) is 15.5. The van der Waals surface area contributed by atoms with Gasteiger partial charge in [-0.3, -0.25) is 14.2 Å².